The predicted octanol–water partition coefficient (Wildman–Crippen LogP) is 0.863. The van der Waals surface area contributed by atoms with Gasteiger partial charge in [0.25, 0.3) is 0 Å². The Labute approximate surface area is 114 Å². The number of hydrogen-bond donors (Lipinski definition) is 1. The third kappa shape index (κ3) is 2.81. The molecule has 1 unspecified atom stereocenters. The summed E-state index contributed by atoms with van der Waals surface area (Å²) in [5.41, 5.74) is 7.51. The second kappa shape index (κ2) is 5.58. The van der Waals surface area contributed by atoms with Crippen LogP contribution in [0.1, 0.15) is 17.5 Å². The summed E-state index contributed by atoms with van der Waals surface area (Å²) in [6.07, 6.45) is 0.736. The summed E-state index contributed by atoms with van der Waals surface area (Å²) < 4.78 is 31.7. The zero-order valence-corrected chi connectivity index (χ0v) is 12.1. The molecule has 1 heterocycles. The lowest BCUT2D eigenvalue weighted by molar-refractivity contribution is 0.115. The lowest BCUT2D eigenvalue weighted by Crippen LogP contribution is -2.30. The Kier molecular flexibility index (Phi) is 4.25. The Hall–Kier alpha value is -0.950. The molecule has 0 aromatic heterocycles. The van der Waals surface area contributed by atoms with Crippen molar-refractivity contribution in [1.29, 1.82) is 0 Å². The summed E-state index contributed by atoms with van der Waals surface area (Å²) in [5.74, 6) is 0. The number of sulfonamides is 1. The molecular weight excluding hydrogens is 264 g/mol. The SMILES string of the molecule is COC1CCN(S(=O)(=O)c2ccc(C)c(CN)c2)C1. The molecule has 106 valence electrons. The molecular formula is C13H20N2O3S. The fourth-order valence-electron chi connectivity index (χ4n) is 2.29. The van der Waals surface area contributed by atoms with Gasteiger partial charge in [0.2, 0.25) is 10.0 Å². The number of methoxy groups -OCH3 is 1. The Morgan fingerprint density at radius 3 is 2.79 bits per heavy atom. The maximum absolute atomic E-state index is 12.5. The quantitative estimate of drug-likeness (QED) is 0.890. The monoisotopic (exact) mass is 284 g/mol. The van der Waals surface area contributed by atoms with Gasteiger partial charge in [0.05, 0.1) is 11.0 Å². The van der Waals surface area contributed by atoms with Crippen LogP contribution in [0.4, 0.5) is 0 Å². The minimum absolute atomic E-state index is 0.00537. The van der Waals surface area contributed by atoms with Crippen molar-refractivity contribution < 1.29 is 13.2 Å². The zero-order chi connectivity index (χ0) is 14.0. The van der Waals surface area contributed by atoms with Gasteiger partial charge in [-0.3, -0.25) is 0 Å². The third-order valence-corrected chi connectivity index (χ3v) is 5.48. The Bertz CT molecular complexity index is 557. The van der Waals surface area contributed by atoms with Crippen molar-refractivity contribution in [3.8, 4) is 0 Å². The van der Waals surface area contributed by atoms with E-state index < -0.39 is 10.0 Å². The number of aryl methyl sites for hydroxylation is 1. The minimum atomic E-state index is -3.43. The number of ether oxygens (including phenoxy) is 1. The highest BCUT2D eigenvalue weighted by Crippen LogP contribution is 2.23. The summed E-state index contributed by atoms with van der Waals surface area (Å²) in [7, 11) is -1.82. The molecule has 1 aromatic rings. The van der Waals surface area contributed by atoms with Crippen molar-refractivity contribution in [2.24, 2.45) is 5.73 Å². The number of nitrogens with zero attached hydrogens (tertiary/aromatic N) is 1. The molecule has 5 nitrogen and oxygen atoms in total. The topological polar surface area (TPSA) is 72.6 Å². The number of nitrogens with two attached hydrogens (primary N) is 1. The van der Waals surface area contributed by atoms with Gasteiger partial charge >= 0.3 is 0 Å². The molecule has 6 heteroatoms. The maximum Gasteiger partial charge on any atom is 0.243 e. The first-order valence-electron chi connectivity index (χ1n) is 6.31. The van der Waals surface area contributed by atoms with E-state index >= 15 is 0 Å². The molecule has 0 spiro atoms. The van der Waals surface area contributed by atoms with Crippen LogP contribution in [0.3, 0.4) is 0 Å². The van der Waals surface area contributed by atoms with E-state index in [9.17, 15) is 8.42 Å². The average Bonchev–Trinajstić information content (AvgIpc) is 2.88. The van der Waals surface area contributed by atoms with Gasteiger partial charge < -0.3 is 10.5 Å². The lowest BCUT2D eigenvalue weighted by atomic mass is 10.1. The highest BCUT2D eigenvalue weighted by molar-refractivity contribution is 7.89. The average molecular weight is 284 g/mol. The molecule has 0 aliphatic carbocycles. The molecule has 2 N–H and O–H groups in total. The van der Waals surface area contributed by atoms with Gasteiger partial charge in [-0.15, -0.1) is 0 Å². The van der Waals surface area contributed by atoms with E-state index in [1.165, 1.54) is 4.31 Å². The van der Waals surface area contributed by atoms with E-state index in [0.717, 1.165) is 17.5 Å². The highest BCUT2D eigenvalue weighted by Gasteiger charge is 2.32. The van der Waals surface area contributed by atoms with E-state index in [2.05, 4.69) is 0 Å². The van der Waals surface area contributed by atoms with Crippen LogP contribution in [0, 0.1) is 6.92 Å². The molecule has 1 atom stereocenters. The van der Waals surface area contributed by atoms with E-state index in [1.54, 1.807) is 25.3 Å². The number of benzene rings is 1. The third-order valence-electron chi connectivity index (χ3n) is 3.62. The molecule has 1 aliphatic heterocycles. The molecule has 2 rings (SSSR count). The molecule has 0 radical (unpaired) electrons. The standard InChI is InChI=1S/C13H20N2O3S/c1-10-3-4-13(7-11(10)8-14)19(16,17)15-6-5-12(9-15)18-2/h3-4,7,12H,5-6,8-9,14H2,1-2H3. The van der Waals surface area contributed by atoms with Crippen LogP contribution in [-0.4, -0.2) is 39.0 Å². The predicted molar refractivity (Wildman–Crippen MR) is 73.2 cm³/mol. The Morgan fingerprint density at radius 1 is 1.47 bits per heavy atom. The van der Waals surface area contributed by atoms with Crippen molar-refractivity contribution in [2.45, 2.75) is 30.9 Å². The van der Waals surface area contributed by atoms with Crippen molar-refractivity contribution in [3.63, 3.8) is 0 Å². The maximum atomic E-state index is 12.5. The van der Waals surface area contributed by atoms with Gasteiger partial charge in [0.15, 0.2) is 0 Å². The Morgan fingerprint density at radius 2 is 2.21 bits per heavy atom. The summed E-state index contributed by atoms with van der Waals surface area (Å²) in [4.78, 5) is 0.315. The van der Waals surface area contributed by atoms with Gasteiger partial charge in [-0.2, -0.15) is 4.31 Å². The summed E-state index contributed by atoms with van der Waals surface area (Å²) >= 11 is 0. The van der Waals surface area contributed by atoms with Crippen molar-refractivity contribution in [3.05, 3.63) is 29.3 Å². The van der Waals surface area contributed by atoms with Crippen LogP contribution in [0.25, 0.3) is 0 Å². The molecule has 0 saturated carbocycles. The largest absolute Gasteiger partial charge is 0.380 e. The van der Waals surface area contributed by atoms with Crippen LogP contribution >= 0.6 is 0 Å². The smallest absolute Gasteiger partial charge is 0.243 e. The molecule has 0 bridgehead atoms. The summed E-state index contributed by atoms with van der Waals surface area (Å²) in [5, 5.41) is 0. The van der Waals surface area contributed by atoms with E-state index in [-0.39, 0.29) is 6.10 Å². The first kappa shape index (κ1) is 14.5. The zero-order valence-electron chi connectivity index (χ0n) is 11.3. The van der Waals surface area contributed by atoms with Crippen LogP contribution in [0.5, 0.6) is 0 Å². The molecule has 1 aliphatic rings. The number of hydrogen-bond acceptors (Lipinski definition) is 4. The van der Waals surface area contributed by atoms with E-state index in [0.29, 0.717) is 24.5 Å². The van der Waals surface area contributed by atoms with Crippen LogP contribution in [-0.2, 0) is 21.3 Å². The fourth-order valence-corrected chi connectivity index (χ4v) is 3.82. The van der Waals surface area contributed by atoms with Gasteiger partial charge in [0, 0.05) is 26.7 Å². The van der Waals surface area contributed by atoms with Crippen LogP contribution < -0.4 is 5.73 Å². The minimum Gasteiger partial charge on any atom is -0.380 e. The van der Waals surface area contributed by atoms with Crippen LogP contribution in [0.2, 0.25) is 0 Å². The molecule has 1 saturated heterocycles. The second-order valence-electron chi connectivity index (χ2n) is 4.80. The van der Waals surface area contributed by atoms with Gasteiger partial charge in [0.1, 0.15) is 0 Å². The summed E-state index contributed by atoms with van der Waals surface area (Å²) in [6.45, 7) is 3.20. The van der Waals surface area contributed by atoms with Crippen molar-refractivity contribution >= 4 is 10.0 Å². The van der Waals surface area contributed by atoms with E-state index in [4.69, 9.17) is 10.5 Å². The first-order chi connectivity index (χ1) is 8.98. The van der Waals surface area contributed by atoms with Crippen LogP contribution in [0.15, 0.2) is 23.1 Å². The lowest BCUT2D eigenvalue weighted by Gasteiger charge is -2.17. The van der Waals surface area contributed by atoms with Crippen molar-refractivity contribution in [2.75, 3.05) is 20.2 Å². The van der Waals surface area contributed by atoms with Gasteiger partial charge in [-0.1, -0.05) is 6.07 Å². The molecule has 1 fully saturated rings. The second-order valence-corrected chi connectivity index (χ2v) is 6.74. The molecule has 1 aromatic carbocycles. The summed E-state index contributed by atoms with van der Waals surface area (Å²) in [6, 6.07) is 5.12. The van der Waals surface area contributed by atoms with Gasteiger partial charge in [-0.05, 0) is 36.6 Å². The fraction of sp³-hybridized carbons (Fsp3) is 0.538. The van der Waals surface area contributed by atoms with Crippen molar-refractivity contribution in [1.82, 2.24) is 4.31 Å². The molecule has 0 amide bonds. The normalized spacial score (nSPS) is 20.9. The van der Waals surface area contributed by atoms with E-state index in [1.807, 2.05) is 6.92 Å². The van der Waals surface area contributed by atoms with Gasteiger partial charge in [-0.25, -0.2) is 8.42 Å². The first-order valence-corrected chi connectivity index (χ1v) is 7.75. The number of rotatable bonds is 4. The Balaban J connectivity index is 2.30. The molecule has 19 heavy (non-hydrogen) atoms. The highest BCUT2D eigenvalue weighted by atomic mass is 32.2.